The number of hydrogen-bond acceptors (Lipinski definition) is 4. The number of likely N-dealkylation sites (N-methyl/N-ethyl adjacent to an activating group) is 1. The topological polar surface area (TPSA) is 63.9 Å². The van der Waals surface area contributed by atoms with Crippen molar-refractivity contribution in [2.75, 3.05) is 11.4 Å². The third-order valence-electron chi connectivity index (χ3n) is 4.79. The number of aryl methyl sites for hydroxylation is 1. The molecule has 0 aliphatic heterocycles. The van der Waals surface area contributed by atoms with Crippen molar-refractivity contribution in [3.63, 3.8) is 0 Å². The van der Waals surface area contributed by atoms with Crippen molar-refractivity contribution in [3.05, 3.63) is 72.3 Å². The second kappa shape index (κ2) is 7.60. The van der Waals surface area contributed by atoms with E-state index in [1.54, 1.807) is 4.90 Å². The predicted molar refractivity (Wildman–Crippen MR) is 110 cm³/mol. The Balaban J connectivity index is 1.60. The van der Waals surface area contributed by atoms with Gasteiger partial charge in [-0.1, -0.05) is 60.7 Å². The Morgan fingerprint density at radius 1 is 1.00 bits per heavy atom. The fraction of sp³-hybridized carbons (Fsp3) is 0.182. The van der Waals surface area contributed by atoms with Crippen LogP contribution in [0.25, 0.3) is 22.2 Å². The number of hydrogen-bond donors (Lipinski definition) is 0. The van der Waals surface area contributed by atoms with Crippen molar-refractivity contribution >= 4 is 22.4 Å². The molecule has 0 radical (unpaired) electrons. The molecule has 0 bridgehead atoms. The molecule has 0 N–H and O–H groups in total. The first kappa shape index (κ1) is 17.9. The molecular weight excluding hydrogens is 350 g/mol. The maximum Gasteiger partial charge on any atom is 0.250 e. The Hall–Kier alpha value is -3.54. The maximum absolute atomic E-state index is 13.0. The van der Waals surface area contributed by atoms with Gasteiger partial charge in [0, 0.05) is 17.5 Å². The van der Waals surface area contributed by atoms with Crippen molar-refractivity contribution in [3.8, 4) is 11.4 Å². The lowest BCUT2D eigenvalue weighted by Crippen LogP contribution is -2.34. The van der Waals surface area contributed by atoms with E-state index in [0.29, 0.717) is 12.4 Å². The van der Waals surface area contributed by atoms with E-state index in [-0.39, 0.29) is 12.5 Å². The second-order valence-electron chi connectivity index (χ2n) is 6.59. The summed E-state index contributed by atoms with van der Waals surface area (Å²) in [5, 5.41) is 14.7. The smallest absolute Gasteiger partial charge is 0.250 e. The van der Waals surface area contributed by atoms with E-state index >= 15 is 0 Å². The minimum Gasteiger partial charge on any atom is -0.310 e. The third kappa shape index (κ3) is 3.36. The summed E-state index contributed by atoms with van der Waals surface area (Å²) in [5.41, 5.74) is 2.88. The average Bonchev–Trinajstić information content (AvgIpc) is 3.17. The molecule has 4 rings (SSSR count). The summed E-state index contributed by atoms with van der Waals surface area (Å²) in [4.78, 5) is 16.1. The lowest BCUT2D eigenvalue weighted by Gasteiger charge is -2.22. The Morgan fingerprint density at radius 2 is 1.75 bits per heavy atom. The molecule has 0 unspecified atom stereocenters. The van der Waals surface area contributed by atoms with Gasteiger partial charge in [0.05, 0.1) is 5.69 Å². The standard InChI is InChI=1S/C22H21N5O/c1-3-26(20-14-8-11-17-10-5-7-13-19(17)20)21(28)15-27-24-22(23-25-27)18-12-6-4-9-16(18)2/h4-14H,3,15H2,1-2H3. The summed E-state index contributed by atoms with van der Waals surface area (Å²) < 4.78 is 0. The molecule has 140 valence electrons. The highest BCUT2D eigenvalue weighted by Gasteiger charge is 2.18. The molecule has 6 heteroatoms. The molecule has 0 spiro atoms. The zero-order valence-corrected chi connectivity index (χ0v) is 15.9. The molecular formula is C22H21N5O. The third-order valence-corrected chi connectivity index (χ3v) is 4.79. The van der Waals surface area contributed by atoms with Crippen molar-refractivity contribution in [2.24, 2.45) is 0 Å². The van der Waals surface area contributed by atoms with Gasteiger partial charge in [-0.15, -0.1) is 10.2 Å². The van der Waals surface area contributed by atoms with E-state index in [4.69, 9.17) is 0 Å². The lowest BCUT2D eigenvalue weighted by atomic mass is 10.1. The fourth-order valence-electron chi connectivity index (χ4n) is 3.37. The highest BCUT2D eigenvalue weighted by atomic mass is 16.2. The van der Waals surface area contributed by atoms with Crippen LogP contribution in [0, 0.1) is 6.92 Å². The number of aromatic nitrogens is 4. The van der Waals surface area contributed by atoms with Crippen molar-refractivity contribution in [1.29, 1.82) is 0 Å². The van der Waals surface area contributed by atoms with Crippen LogP contribution in [0.4, 0.5) is 5.69 Å². The number of rotatable bonds is 5. The van der Waals surface area contributed by atoms with Crippen LogP contribution in [0.1, 0.15) is 12.5 Å². The lowest BCUT2D eigenvalue weighted by molar-refractivity contribution is -0.119. The average molecular weight is 371 g/mol. The van der Waals surface area contributed by atoms with Crippen molar-refractivity contribution < 1.29 is 4.79 Å². The quantitative estimate of drug-likeness (QED) is 0.534. The molecule has 0 atom stereocenters. The summed E-state index contributed by atoms with van der Waals surface area (Å²) in [6.45, 7) is 4.57. The molecule has 0 saturated carbocycles. The summed E-state index contributed by atoms with van der Waals surface area (Å²) in [5.74, 6) is 0.451. The fourth-order valence-corrected chi connectivity index (χ4v) is 3.37. The Bertz CT molecular complexity index is 1130. The molecule has 28 heavy (non-hydrogen) atoms. The van der Waals surface area contributed by atoms with Gasteiger partial charge in [-0.2, -0.15) is 4.80 Å². The van der Waals surface area contributed by atoms with Crippen LogP contribution >= 0.6 is 0 Å². The molecule has 0 fully saturated rings. The number of amides is 1. The molecule has 4 aromatic rings. The van der Waals surface area contributed by atoms with Gasteiger partial charge in [0.1, 0.15) is 6.54 Å². The van der Waals surface area contributed by atoms with E-state index in [9.17, 15) is 4.79 Å². The first-order valence-corrected chi connectivity index (χ1v) is 9.29. The number of anilines is 1. The summed E-state index contributed by atoms with van der Waals surface area (Å²) >= 11 is 0. The van der Waals surface area contributed by atoms with Gasteiger partial charge in [0.25, 0.3) is 5.91 Å². The molecule has 1 amide bonds. The van der Waals surface area contributed by atoms with Gasteiger partial charge < -0.3 is 4.90 Å². The van der Waals surface area contributed by atoms with E-state index < -0.39 is 0 Å². The zero-order valence-electron chi connectivity index (χ0n) is 15.9. The van der Waals surface area contributed by atoms with Crippen LogP contribution in [-0.2, 0) is 11.3 Å². The Labute approximate surface area is 163 Å². The van der Waals surface area contributed by atoms with Gasteiger partial charge in [-0.05, 0) is 36.1 Å². The minimum atomic E-state index is -0.0763. The van der Waals surface area contributed by atoms with Gasteiger partial charge in [-0.25, -0.2) is 0 Å². The number of fused-ring (bicyclic) bond motifs is 1. The highest BCUT2D eigenvalue weighted by Crippen LogP contribution is 2.27. The number of tetrazole rings is 1. The molecule has 3 aromatic carbocycles. The first-order valence-electron chi connectivity index (χ1n) is 9.29. The van der Waals surface area contributed by atoms with Crippen LogP contribution in [0.2, 0.25) is 0 Å². The number of nitrogens with zero attached hydrogens (tertiary/aromatic N) is 5. The molecule has 1 aromatic heterocycles. The number of benzene rings is 3. The van der Waals surface area contributed by atoms with Crippen molar-refractivity contribution in [2.45, 2.75) is 20.4 Å². The van der Waals surface area contributed by atoms with Crippen LogP contribution in [-0.4, -0.2) is 32.7 Å². The minimum absolute atomic E-state index is 0.0376. The summed E-state index contributed by atoms with van der Waals surface area (Å²) in [6, 6.07) is 21.9. The van der Waals surface area contributed by atoms with Gasteiger partial charge in [-0.3, -0.25) is 4.79 Å². The molecule has 6 nitrogen and oxygen atoms in total. The van der Waals surface area contributed by atoms with Gasteiger partial charge in [0.15, 0.2) is 0 Å². The van der Waals surface area contributed by atoms with Crippen LogP contribution < -0.4 is 4.90 Å². The molecule has 0 saturated heterocycles. The zero-order chi connectivity index (χ0) is 19.5. The molecule has 0 aliphatic carbocycles. The van der Waals surface area contributed by atoms with Gasteiger partial charge in [0.2, 0.25) is 5.82 Å². The molecule has 1 heterocycles. The van der Waals surface area contributed by atoms with E-state index in [1.807, 2.05) is 80.6 Å². The van der Waals surface area contributed by atoms with Crippen molar-refractivity contribution in [1.82, 2.24) is 20.2 Å². The van der Waals surface area contributed by atoms with Gasteiger partial charge >= 0.3 is 0 Å². The SMILES string of the molecule is CCN(C(=O)Cn1nnc(-c2ccccc2C)n1)c1cccc2ccccc12. The highest BCUT2D eigenvalue weighted by molar-refractivity contribution is 6.03. The Morgan fingerprint density at radius 3 is 2.57 bits per heavy atom. The van der Waals surface area contributed by atoms with Crippen LogP contribution in [0.3, 0.4) is 0 Å². The van der Waals surface area contributed by atoms with Crippen LogP contribution in [0.5, 0.6) is 0 Å². The maximum atomic E-state index is 13.0. The van der Waals surface area contributed by atoms with E-state index in [2.05, 4.69) is 15.4 Å². The summed E-state index contributed by atoms with van der Waals surface area (Å²) in [7, 11) is 0. The van der Waals surface area contributed by atoms with E-state index in [1.165, 1.54) is 4.80 Å². The van der Waals surface area contributed by atoms with Crippen LogP contribution in [0.15, 0.2) is 66.7 Å². The predicted octanol–water partition coefficient (Wildman–Crippen LogP) is 3.85. The number of carbonyl (C=O) groups is 1. The molecule has 0 aliphatic rings. The first-order chi connectivity index (χ1) is 13.7. The largest absolute Gasteiger partial charge is 0.310 e. The monoisotopic (exact) mass is 371 g/mol. The normalized spacial score (nSPS) is 10.9. The number of carbonyl (C=O) groups excluding carboxylic acids is 1. The second-order valence-corrected chi connectivity index (χ2v) is 6.59. The van der Waals surface area contributed by atoms with E-state index in [0.717, 1.165) is 27.6 Å². The summed E-state index contributed by atoms with van der Waals surface area (Å²) in [6.07, 6.45) is 0. The Kier molecular flexibility index (Phi) is 4.85.